The van der Waals surface area contributed by atoms with E-state index in [0.29, 0.717) is 5.75 Å². The van der Waals surface area contributed by atoms with Gasteiger partial charge in [0.15, 0.2) is 0 Å². The van der Waals surface area contributed by atoms with Crippen LogP contribution in [0.15, 0.2) is 24.3 Å². The van der Waals surface area contributed by atoms with Gasteiger partial charge in [-0.15, -0.1) is 6.42 Å². The molecule has 1 unspecified atom stereocenters. The maximum Gasteiger partial charge on any atom is 0.414 e. The average Bonchev–Trinajstić information content (AvgIpc) is 2.41. The third-order valence-electron chi connectivity index (χ3n) is 2.28. The van der Waals surface area contributed by atoms with E-state index in [1.54, 1.807) is 38.4 Å². The molecule has 0 heterocycles. The molecule has 1 amide bonds. The summed E-state index contributed by atoms with van der Waals surface area (Å²) in [5.41, 5.74) is 0.764. The van der Waals surface area contributed by atoms with Gasteiger partial charge in [0.2, 0.25) is 0 Å². The molecule has 0 saturated carbocycles. The van der Waals surface area contributed by atoms with Crippen molar-refractivity contribution in [1.29, 1.82) is 0 Å². The molecule has 5 nitrogen and oxygen atoms in total. The molecule has 0 saturated heterocycles. The zero-order valence-electron chi connectivity index (χ0n) is 11.0. The molecular weight excluding hydrogens is 246 g/mol. The van der Waals surface area contributed by atoms with Crippen LogP contribution in [0.2, 0.25) is 0 Å². The van der Waals surface area contributed by atoms with Crippen molar-refractivity contribution in [1.82, 2.24) is 4.90 Å². The molecule has 1 N–H and O–H groups in total. The summed E-state index contributed by atoms with van der Waals surface area (Å²) in [6.07, 6.45) is 4.39. The summed E-state index contributed by atoms with van der Waals surface area (Å²) in [5.74, 6) is 2.91. The molecule has 1 aromatic carbocycles. The second-order valence-electron chi connectivity index (χ2n) is 3.97. The third kappa shape index (κ3) is 4.62. The van der Waals surface area contributed by atoms with Crippen LogP contribution in [0.4, 0.5) is 4.79 Å². The van der Waals surface area contributed by atoms with Gasteiger partial charge in [-0.2, -0.15) is 0 Å². The van der Waals surface area contributed by atoms with Crippen molar-refractivity contribution in [3.63, 3.8) is 0 Å². The Morgan fingerprint density at radius 1 is 1.42 bits per heavy atom. The molecule has 0 spiro atoms. The number of nitrogens with zero attached hydrogens (tertiary/aromatic N) is 1. The lowest BCUT2D eigenvalue weighted by molar-refractivity contribution is 0.0593. The first kappa shape index (κ1) is 15.0. The lowest BCUT2D eigenvalue weighted by atomic mass is 10.1. The molecule has 5 heteroatoms. The summed E-state index contributed by atoms with van der Waals surface area (Å²) in [6.45, 7) is 0.0863. The molecule has 1 rings (SSSR count). The average molecular weight is 263 g/mol. The van der Waals surface area contributed by atoms with Gasteiger partial charge in [0.1, 0.15) is 11.9 Å². The number of terminal acetylenes is 1. The van der Waals surface area contributed by atoms with Crippen LogP contribution in [0.25, 0.3) is 0 Å². The summed E-state index contributed by atoms with van der Waals surface area (Å²) >= 11 is 0. The van der Waals surface area contributed by atoms with Gasteiger partial charge >= 0.3 is 6.09 Å². The van der Waals surface area contributed by atoms with Gasteiger partial charge in [-0.05, 0) is 17.7 Å². The third-order valence-corrected chi connectivity index (χ3v) is 2.28. The Labute approximate surface area is 112 Å². The van der Waals surface area contributed by atoms with Crippen molar-refractivity contribution < 1.29 is 19.4 Å². The van der Waals surface area contributed by atoms with Crippen LogP contribution in [0.3, 0.4) is 0 Å². The molecule has 0 aliphatic rings. The van der Waals surface area contributed by atoms with Crippen molar-refractivity contribution in [2.45, 2.75) is 6.10 Å². The predicted molar refractivity (Wildman–Crippen MR) is 70.8 cm³/mol. The number of rotatable bonds is 5. The maximum absolute atomic E-state index is 11.3. The van der Waals surface area contributed by atoms with E-state index in [4.69, 9.17) is 21.0 Å². The highest BCUT2D eigenvalue weighted by atomic mass is 16.6. The van der Waals surface area contributed by atoms with E-state index in [-0.39, 0.29) is 13.2 Å². The topological polar surface area (TPSA) is 59.0 Å². The largest absolute Gasteiger partial charge is 0.414 e. The Kier molecular flexibility index (Phi) is 5.86. The molecule has 19 heavy (non-hydrogen) atoms. The summed E-state index contributed by atoms with van der Waals surface area (Å²) < 4.78 is 10.4. The first-order valence-corrected chi connectivity index (χ1v) is 5.76. The van der Waals surface area contributed by atoms with Crippen LogP contribution < -0.4 is 4.74 Å². The molecule has 102 valence electrons. The fourth-order valence-electron chi connectivity index (χ4n) is 1.31. The Balaban J connectivity index is 2.70. The number of carbonyl (C=O) groups excluding carboxylic acids is 1. The minimum absolute atomic E-state index is 0.0866. The van der Waals surface area contributed by atoms with E-state index in [9.17, 15) is 4.79 Å². The first-order chi connectivity index (χ1) is 9.08. The molecule has 0 aliphatic heterocycles. The lowest BCUT2D eigenvalue weighted by Crippen LogP contribution is -2.25. The Morgan fingerprint density at radius 3 is 2.53 bits per heavy atom. The Bertz CT molecular complexity index is 448. The number of ether oxygens (including phenoxy) is 2. The van der Waals surface area contributed by atoms with Crippen molar-refractivity contribution in [2.24, 2.45) is 0 Å². The predicted octanol–water partition coefficient (Wildman–Crippen LogP) is 1.43. The number of carbonyl (C=O) groups is 1. The van der Waals surface area contributed by atoms with E-state index < -0.39 is 12.2 Å². The fourth-order valence-corrected chi connectivity index (χ4v) is 1.31. The van der Waals surface area contributed by atoms with Crippen LogP contribution in [0.1, 0.15) is 11.7 Å². The zero-order valence-corrected chi connectivity index (χ0v) is 11.0. The minimum Gasteiger partial charge on any atom is -0.410 e. The molecule has 1 aromatic rings. The molecular formula is C14H17NO4. The van der Waals surface area contributed by atoms with Gasteiger partial charge in [-0.3, -0.25) is 0 Å². The monoisotopic (exact) mass is 263 g/mol. The SMILES string of the molecule is C#CC(OCCO)c1ccc(OC(=O)N(C)C)cc1. The molecule has 1 atom stereocenters. The Hall–Kier alpha value is -2.03. The smallest absolute Gasteiger partial charge is 0.410 e. The zero-order chi connectivity index (χ0) is 14.3. The second kappa shape index (κ2) is 7.41. The van der Waals surface area contributed by atoms with Gasteiger partial charge in [0, 0.05) is 14.1 Å². The number of hydrogen-bond donors (Lipinski definition) is 1. The second-order valence-corrected chi connectivity index (χ2v) is 3.97. The quantitative estimate of drug-likeness (QED) is 0.816. The van der Waals surface area contributed by atoms with E-state index in [2.05, 4.69) is 5.92 Å². The van der Waals surface area contributed by atoms with Gasteiger partial charge in [0.05, 0.1) is 13.2 Å². The van der Waals surface area contributed by atoms with Crippen LogP contribution in [-0.4, -0.2) is 43.4 Å². The number of amides is 1. The van der Waals surface area contributed by atoms with E-state index in [0.717, 1.165) is 5.56 Å². The van der Waals surface area contributed by atoms with Crippen molar-refractivity contribution >= 4 is 6.09 Å². The molecule has 0 aliphatic carbocycles. The van der Waals surface area contributed by atoms with E-state index in [1.807, 2.05) is 0 Å². The van der Waals surface area contributed by atoms with Crippen molar-refractivity contribution in [3.05, 3.63) is 29.8 Å². The lowest BCUT2D eigenvalue weighted by Gasteiger charge is -2.13. The number of hydrogen-bond acceptors (Lipinski definition) is 4. The molecule has 0 bridgehead atoms. The standard InChI is InChI=1S/C14H17NO4/c1-4-13(18-10-9-16)11-5-7-12(8-6-11)19-14(17)15(2)3/h1,5-8,13,16H,9-10H2,2-3H3. The first-order valence-electron chi connectivity index (χ1n) is 5.76. The van der Waals surface area contributed by atoms with Crippen LogP contribution in [-0.2, 0) is 4.74 Å². The summed E-state index contributed by atoms with van der Waals surface area (Å²) in [4.78, 5) is 12.7. The van der Waals surface area contributed by atoms with Gasteiger partial charge in [0.25, 0.3) is 0 Å². The molecule has 0 radical (unpaired) electrons. The Morgan fingerprint density at radius 2 is 2.05 bits per heavy atom. The van der Waals surface area contributed by atoms with Crippen LogP contribution in [0.5, 0.6) is 5.75 Å². The number of aliphatic hydroxyl groups excluding tert-OH is 1. The van der Waals surface area contributed by atoms with Gasteiger partial charge in [-0.25, -0.2) is 4.79 Å². The summed E-state index contributed by atoms with van der Waals surface area (Å²) in [5, 5.41) is 8.70. The van der Waals surface area contributed by atoms with E-state index in [1.165, 1.54) is 4.90 Å². The fraction of sp³-hybridized carbons (Fsp3) is 0.357. The van der Waals surface area contributed by atoms with Crippen molar-refractivity contribution in [3.8, 4) is 18.1 Å². The van der Waals surface area contributed by atoms with E-state index >= 15 is 0 Å². The highest BCUT2D eigenvalue weighted by Gasteiger charge is 2.10. The van der Waals surface area contributed by atoms with Crippen LogP contribution in [0, 0.1) is 12.3 Å². The number of aliphatic hydroxyl groups is 1. The highest BCUT2D eigenvalue weighted by Crippen LogP contribution is 2.20. The summed E-state index contributed by atoms with van der Waals surface area (Å²) in [6, 6.07) is 6.73. The summed E-state index contributed by atoms with van der Waals surface area (Å²) in [7, 11) is 3.21. The van der Waals surface area contributed by atoms with Crippen LogP contribution >= 0.6 is 0 Å². The number of benzene rings is 1. The minimum atomic E-state index is -0.522. The van der Waals surface area contributed by atoms with Gasteiger partial charge < -0.3 is 19.5 Å². The highest BCUT2D eigenvalue weighted by molar-refractivity contribution is 5.69. The molecule has 0 aromatic heterocycles. The normalized spacial score (nSPS) is 11.5. The molecule has 0 fully saturated rings. The maximum atomic E-state index is 11.3. The van der Waals surface area contributed by atoms with Gasteiger partial charge in [-0.1, -0.05) is 18.1 Å². The van der Waals surface area contributed by atoms with Crippen molar-refractivity contribution in [2.75, 3.05) is 27.3 Å².